The van der Waals surface area contributed by atoms with Gasteiger partial charge in [-0.3, -0.25) is 0 Å². The van der Waals surface area contributed by atoms with E-state index >= 15 is 0 Å². The fourth-order valence-corrected chi connectivity index (χ4v) is 2.64. The lowest BCUT2D eigenvalue weighted by molar-refractivity contribution is -0.143. The Balaban J connectivity index is 1.66. The monoisotopic (exact) mass is 410 g/mol. The first-order valence-electron chi connectivity index (χ1n) is 9.12. The van der Waals surface area contributed by atoms with Gasteiger partial charge in [0.15, 0.2) is 6.10 Å². The molecule has 0 aliphatic carbocycles. The van der Waals surface area contributed by atoms with Crippen molar-refractivity contribution in [2.45, 2.75) is 13.0 Å². The van der Waals surface area contributed by atoms with E-state index in [4.69, 9.17) is 23.4 Å². The van der Waals surface area contributed by atoms with Crippen molar-refractivity contribution in [1.29, 1.82) is 0 Å². The Morgan fingerprint density at radius 2 is 1.67 bits per heavy atom. The molecule has 0 aliphatic rings. The number of ether oxygens (including phenoxy) is 4. The molecule has 0 radical (unpaired) electrons. The predicted molar refractivity (Wildman–Crippen MR) is 109 cm³/mol. The maximum atomic E-state index is 12.2. The zero-order valence-corrected chi connectivity index (χ0v) is 17.1. The Kier molecular flexibility index (Phi) is 6.69. The van der Waals surface area contributed by atoms with Crippen LogP contribution >= 0.6 is 0 Å². The van der Waals surface area contributed by atoms with Crippen LogP contribution in [0.2, 0.25) is 0 Å². The number of carbonyl (C=O) groups excluding carboxylic acids is 1. The minimum Gasteiger partial charge on any atom is -0.497 e. The summed E-state index contributed by atoms with van der Waals surface area (Å²) in [5, 5.41) is 7.98. The summed E-state index contributed by atoms with van der Waals surface area (Å²) in [7, 11) is 4.71. The van der Waals surface area contributed by atoms with Crippen LogP contribution in [0, 0.1) is 0 Å². The summed E-state index contributed by atoms with van der Waals surface area (Å²) < 4.78 is 26.6. The summed E-state index contributed by atoms with van der Waals surface area (Å²) in [5.41, 5.74) is 1.42. The van der Waals surface area contributed by atoms with Gasteiger partial charge in [-0.05, 0) is 55.5 Å². The number of esters is 1. The highest BCUT2D eigenvalue weighted by molar-refractivity contribution is 5.87. The van der Waals surface area contributed by atoms with E-state index in [0.29, 0.717) is 23.0 Å². The highest BCUT2D eigenvalue weighted by atomic mass is 16.6. The molecule has 0 N–H and O–H groups in total. The molecule has 0 spiro atoms. The molecule has 1 heterocycles. The molecule has 0 amide bonds. The Morgan fingerprint density at radius 1 is 0.967 bits per heavy atom. The smallest absolute Gasteiger partial charge is 0.331 e. The summed E-state index contributed by atoms with van der Waals surface area (Å²) in [6.45, 7) is 1.66. The first-order chi connectivity index (χ1) is 14.5. The van der Waals surface area contributed by atoms with Gasteiger partial charge in [0, 0.05) is 17.2 Å². The van der Waals surface area contributed by atoms with Gasteiger partial charge in [0.05, 0.1) is 21.3 Å². The maximum absolute atomic E-state index is 12.2. The summed E-state index contributed by atoms with van der Waals surface area (Å²) >= 11 is 0. The molecule has 0 fully saturated rings. The number of aromatic nitrogens is 2. The van der Waals surface area contributed by atoms with Crippen LogP contribution in [0.5, 0.6) is 17.2 Å². The van der Waals surface area contributed by atoms with E-state index in [1.165, 1.54) is 6.08 Å². The highest BCUT2D eigenvalue weighted by Crippen LogP contribution is 2.26. The standard InChI is InChI=1S/C22H22N2O6/c1-14(21-23-24-22(30-21)15-5-8-17(26-2)9-6-15)29-20(25)12-7-16-13-18(27-3)10-11-19(16)28-4/h5-14H,1-4H3/b12-7+/t14-/m1/s1. The van der Waals surface area contributed by atoms with Crippen molar-refractivity contribution in [3.63, 3.8) is 0 Å². The molecule has 156 valence electrons. The van der Waals surface area contributed by atoms with Crippen LogP contribution in [0.1, 0.15) is 24.5 Å². The Labute approximate surface area is 174 Å². The first kappa shape index (κ1) is 20.9. The normalized spacial score (nSPS) is 11.9. The van der Waals surface area contributed by atoms with Crippen molar-refractivity contribution < 1.29 is 28.2 Å². The van der Waals surface area contributed by atoms with Gasteiger partial charge in [-0.15, -0.1) is 10.2 Å². The van der Waals surface area contributed by atoms with E-state index in [2.05, 4.69) is 10.2 Å². The van der Waals surface area contributed by atoms with E-state index in [1.54, 1.807) is 76.8 Å². The second-order valence-electron chi connectivity index (χ2n) is 6.19. The lowest BCUT2D eigenvalue weighted by atomic mass is 10.1. The van der Waals surface area contributed by atoms with Gasteiger partial charge in [-0.1, -0.05) is 0 Å². The Morgan fingerprint density at radius 3 is 2.33 bits per heavy atom. The third-order valence-corrected chi connectivity index (χ3v) is 4.25. The molecule has 0 saturated carbocycles. The largest absolute Gasteiger partial charge is 0.497 e. The molecule has 0 saturated heterocycles. The van der Waals surface area contributed by atoms with Crippen LogP contribution in [0.3, 0.4) is 0 Å². The van der Waals surface area contributed by atoms with E-state index in [0.717, 1.165) is 11.3 Å². The van der Waals surface area contributed by atoms with Crippen molar-refractivity contribution in [3.05, 3.63) is 60.0 Å². The number of hydrogen-bond donors (Lipinski definition) is 0. The van der Waals surface area contributed by atoms with Crippen LogP contribution in [-0.2, 0) is 9.53 Å². The molecule has 0 bridgehead atoms. The molecule has 30 heavy (non-hydrogen) atoms. The molecular weight excluding hydrogens is 388 g/mol. The lowest BCUT2D eigenvalue weighted by Gasteiger charge is -2.08. The quantitative estimate of drug-likeness (QED) is 0.405. The predicted octanol–water partition coefficient (Wildman–Crippen LogP) is 4.08. The second-order valence-corrected chi connectivity index (χ2v) is 6.19. The van der Waals surface area contributed by atoms with Crippen molar-refractivity contribution in [3.8, 4) is 28.7 Å². The van der Waals surface area contributed by atoms with Crippen molar-refractivity contribution in [1.82, 2.24) is 10.2 Å². The number of nitrogens with zero attached hydrogens (tertiary/aromatic N) is 2. The fourth-order valence-electron chi connectivity index (χ4n) is 2.64. The topological polar surface area (TPSA) is 92.9 Å². The van der Waals surface area contributed by atoms with Crippen molar-refractivity contribution >= 4 is 12.0 Å². The number of benzene rings is 2. The van der Waals surface area contributed by atoms with Crippen LogP contribution in [-0.4, -0.2) is 37.5 Å². The van der Waals surface area contributed by atoms with Gasteiger partial charge < -0.3 is 23.4 Å². The van der Waals surface area contributed by atoms with Crippen molar-refractivity contribution in [2.24, 2.45) is 0 Å². The SMILES string of the molecule is COc1ccc(-c2nnc([C@@H](C)OC(=O)/C=C/c3cc(OC)ccc3OC)o2)cc1. The Hall–Kier alpha value is -3.81. The molecule has 0 unspecified atom stereocenters. The molecule has 3 aromatic rings. The number of methoxy groups -OCH3 is 3. The molecule has 0 aliphatic heterocycles. The van der Waals surface area contributed by atoms with Crippen LogP contribution in [0.15, 0.2) is 53.0 Å². The first-order valence-corrected chi connectivity index (χ1v) is 9.12. The summed E-state index contributed by atoms with van der Waals surface area (Å²) in [5.74, 6) is 1.94. The van der Waals surface area contributed by atoms with E-state index in [1.807, 2.05) is 0 Å². The van der Waals surface area contributed by atoms with Gasteiger partial charge in [0.1, 0.15) is 17.2 Å². The molecule has 8 nitrogen and oxygen atoms in total. The highest BCUT2D eigenvalue weighted by Gasteiger charge is 2.18. The van der Waals surface area contributed by atoms with Crippen LogP contribution in [0.4, 0.5) is 0 Å². The van der Waals surface area contributed by atoms with E-state index < -0.39 is 12.1 Å². The second kappa shape index (κ2) is 9.60. The van der Waals surface area contributed by atoms with E-state index in [-0.39, 0.29) is 5.89 Å². The van der Waals surface area contributed by atoms with Gasteiger partial charge in [-0.25, -0.2) is 4.79 Å². The molecular formula is C22H22N2O6. The van der Waals surface area contributed by atoms with Crippen molar-refractivity contribution in [2.75, 3.05) is 21.3 Å². The number of rotatable bonds is 8. The minimum absolute atomic E-state index is 0.196. The van der Waals surface area contributed by atoms with Crippen LogP contribution < -0.4 is 14.2 Å². The maximum Gasteiger partial charge on any atom is 0.331 e. The third-order valence-electron chi connectivity index (χ3n) is 4.25. The average molecular weight is 410 g/mol. The fraction of sp³-hybridized carbons (Fsp3) is 0.227. The van der Waals surface area contributed by atoms with Gasteiger partial charge in [0.25, 0.3) is 5.89 Å². The summed E-state index contributed by atoms with van der Waals surface area (Å²) in [4.78, 5) is 12.2. The zero-order chi connectivity index (χ0) is 21.5. The molecule has 1 atom stereocenters. The molecule has 8 heteroatoms. The number of hydrogen-bond acceptors (Lipinski definition) is 8. The van der Waals surface area contributed by atoms with E-state index in [9.17, 15) is 4.79 Å². The lowest BCUT2D eigenvalue weighted by Crippen LogP contribution is -2.06. The van der Waals surface area contributed by atoms with Gasteiger partial charge in [0.2, 0.25) is 5.89 Å². The molecule has 3 rings (SSSR count). The third kappa shape index (κ3) is 4.96. The Bertz CT molecular complexity index is 1030. The minimum atomic E-state index is -0.714. The van der Waals surface area contributed by atoms with Crippen LogP contribution in [0.25, 0.3) is 17.5 Å². The average Bonchev–Trinajstić information content (AvgIpc) is 3.28. The van der Waals surface area contributed by atoms with Gasteiger partial charge in [-0.2, -0.15) is 0 Å². The zero-order valence-electron chi connectivity index (χ0n) is 17.1. The number of carbonyl (C=O) groups is 1. The van der Waals surface area contributed by atoms with Gasteiger partial charge >= 0.3 is 5.97 Å². The summed E-state index contributed by atoms with van der Waals surface area (Å²) in [6, 6.07) is 12.5. The summed E-state index contributed by atoms with van der Waals surface area (Å²) in [6.07, 6.45) is 2.18. The molecule has 1 aromatic heterocycles. The molecule has 2 aromatic carbocycles.